The van der Waals surface area contributed by atoms with Crippen molar-refractivity contribution in [2.24, 2.45) is 5.73 Å². The summed E-state index contributed by atoms with van der Waals surface area (Å²) in [6.45, 7) is -0.246. The molecule has 1 aromatic heterocycles. The lowest BCUT2D eigenvalue weighted by molar-refractivity contribution is -0.384. The molecule has 2 aromatic rings. The van der Waals surface area contributed by atoms with Gasteiger partial charge in [0.05, 0.1) is 10.6 Å². The number of benzene rings is 1. The first-order valence-corrected chi connectivity index (χ1v) is 7.29. The highest BCUT2D eigenvalue weighted by Crippen LogP contribution is 2.36. The number of aliphatic carboxylic acids is 1. The number of rotatable bonds is 4. The molecule has 120 valence electrons. The van der Waals surface area contributed by atoms with E-state index in [9.17, 15) is 14.9 Å². The maximum atomic E-state index is 11.0. The van der Waals surface area contributed by atoms with Crippen LogP contribution < -0.4 is 5.73 Å². The second-order valence-corrected chi connectivity index (χ2v) is 5.57. The van der Waals surface area contributed by atoms with Crippen LogP contribution in [-0.2, 0) is 17.8 Å². The summed E-state index contributed by atoms with van der Waals surface area (Å²) in [7, 11) is 0. The van der Waals surface area contributed by atoms with E-state index in [0.29, 0.717) is 17.7 Å². The summed E-state index contributed by atoms with van der Waals surface area (Å²) >= 11 is 0. The highest BCUT2D eigenvalue weighted by Gasteiger charge is 2.28. The number of carboxylic acid groups (broad SMARTS) is 1. The SMILES string of the molecule is NC1CCCc2c1c(-c1cccc([N+](=O)[O-])c1)nn2CC(=O)O. The van der Waals surface area contributed by atoms with Gasteiger partial charge in [-0.25, -0.2) is 0 Å². The van der Waals surface area contributed by atoms with Gasteiger partial charge in [0.25, 0.3) is 5.69 Å². The second kappa shape index (κ2) is 5.81. The molecule has 0 saturated heterocycles. The molecule has 1 aliphatic rings. The molecule has 0 aliphatic heterocycles. The van der Waals surface area contributed by atoms with Gasteiger partial charge < -0.3 is 10.8 Å². The molecule has 1 atom stereocenters. The van der Waals surface area contributed by atoms with Crippen LogP contribution in [0.3, 0.4) is 0 Å². The third-order valence-electron chi connectivity index (χ3n) is 4.01. The molecule has 0 amide bonds. The van der Waals surface area contributed by atoms with E-state index in [1.54, 1.807) is 12.1 Å². The molecule has 0 spiro atoms. The third kappa shape index (κ3) is 2.80. The maximum absolute atomic E-state index is 11.0. The number of nitro benzene ring substituents is 1. The van der Waals surface area contributed by atoms with Gasteiger partial charge in [0, 0.05) is 35.0 Å². The number of aromatic nitrogens is 2. The number of carboxylic acids is 1. The van der Waals surface area contributed by atoms with Crippen LogP contribution in [0, 0.1) is 10.1 Å². The average molecular weight is 316 g/mol. The van der Waals surface area contributed by atoms with Crippen molar-refractivity contribution in [2.75, 3.05) is 0 Å². The molecule has 1 heterocycles. The van der Waals surface area contributed by atoms with Gasteiger partial charge in [0.15, 0.2) is 0 Å². The molecule has 0 bridgehead atoms. The van der Waals surface area contributed by atoms with Gasteiger partial charge in [0.2, 0.25) is 0 Å². The smallest absolute Gasteiger partial charge is 0.325 e. The standard InChI is InChI=1S/C15H16N4O4/c16-11-5-2-6-12-14(11)15(17-18(12)8-13(20)21)9-3-1-4-10(7-9)19(22)23/h1,3-4,7,11H,2,5-6,8,16H2,(H,20,21). The summed E-state index contributed by atoms with van der Waals surface area (Å²) in [6, 6.07) is 5.92. The molecule has 23 heavy (non-hydrogen) atoms. The lowest BCUT2D eigenvalue weighted by Crippen LogP contribution is -2.20. The summed E-state index contributed by atoms with van der Waals surface area (Å²) in [5.74, 6) is -0.986. The molecule has 3 rings (SSSR count). The summed E-state index contributed by atoms with van der Waals surface area (Å²) in [5, 5.41) is 24.4. The first-order chi connectivity index (χ1) is 11.0. The van der Waals surface area contributed by atoms with E-state index in [1.165, 1.54) is 16.8 Å². The van der Waals surface area contributed by atoms with Crippen LogP contribution in [0.15, 0.2) is 24.3 Å². The molecule has 8 nitrogen and oxygen atoms in total. The lowest BCUT2D eigenvalue weighted by Gasteiger charge is -2.20. The molecular formula is C15H16N4O4. The third-order valence-corrected chi connectivity index (χ3v) is 4.01. The Morgan fingerprint density at radius 1 is 1.52 bits per heavy atom. The Hall–Kier alpha value is -2.74. The van der Waals surface area contributed by atoms with E-state index >= 15 is 0 Å². The van der Waals surface area contributed by atoms with E-state index in [0.717, 1.165) is 24.1 Å². The molecule has 0 saturated carbocycles. The first kappa shape index (κ1) is 15.2. The first-order valence-electron chi connectivity index (χ1n) is 7.29. The minimum Gasteiger partial charge on any atom is -0.480 e. The Balaban J connectivity index is 2.15. The largest absolute Gasteiger partial charge is 0.480 e. The molecular weight excluding hydrogens is 300 g/mol. The van der Waals surface area contributed by atoms with E-state index < -0.39 is 10.9 Å². The van der Waals surface area contributed by atoms with Crippen LogP contribution >= 0.6 is 0 Å². The van der Waals surface area contributed by atoms with E-state index in [1.807, 2.05) is 0 Å². The van der Waals surface area contributed by atoms with Crippen LogP contribution in [0.2, 0.25) is 0 Å². The summed E-state index contributed by atoms with van der Waals surface area (Å²) in [5.41, 5.74) is 8.89. The summed E-state index contributed by atoms with van der Waals surface area (Å²) < 4.78 is 1.45. The number of carbonyl (C=O) groups is 1. The van der Waals surface area contributed by atoms with Crippen molar-refractivity contribution < 1.29 is 14.8 Å². The van der Waals surface area contributed by atoms with Crippen LogP contribution in [0.4, 0.5) is 5.69 Å². The Labute approximate surface area is 131 Å². The van der Waals surface area contributed by atoms with Crippen LogP contribution in [-0.4, -0.2) is 25.8 Å². The Bertz CT molecular complexity index is 784. The molecule has 1 aromatic carbocycles. The fourth-order valence-electron chi connectivity index (χ4n) is 3.04. The van der Waals surface area contributed by atoms with Crippen molar-refractivity contribution in [1.82, 2.24) is 9.78 Å². The van der Waals surface area contributed by atoms with Crippen molar-refractivity contribution in [1.29, 1.82) is 0 Å². The molecule has 0 radical (unpaired) electrons. The number of non-ortho nitro benzene ring substituents is 1. The van der Waals surface area contributed by atoms with E-state index in [-0.39, 0.29) is 18.3 Å². The van der Waals surface area contributed by atoms with Gasteiger partial charge in [-0.1, -0.05) is 12.1 Å². The van der Waals surface area contributed by atoms with Gasteiger partial charge in [-0.3, -0.25) is 19.6 Å². The van der Waals surface area contributed by atoms with Crippen LogP contribution in [0.1, 0.15) is 30.1 Å². The predicted octanol–water partition coefficient (Wildman–Crippen LogP) is 1.88. The van der Waals surface area contributed by atoms with E-state index in [2.05, 4.69) is 5.10 Å². The van der Waals surface area contributed by atoms with Gasteiger partial charge in [0.1, 0.15) is 6.54 Å². The van der Waals surface area contributed by atoms with Crippen molar-refractivity contribution in [2.45, 2.75) is 31.8 Å². The van der Waals surface area contributed by atoms with Gasteiger partial charge in [-0.15, -0.1) is 0 Å². The monoisotopic (exact) mass is 316 g/mol. The predicted molar refractivity (Wildman–Crippen MR) is 81.8 cm³/mol. The number of nitrogens with zero attached hydrogens (tertiary/aromatic N) is 3. The normalized spacial score (nSPS) is 16.8. The molecule has 3 N–H and O–H groups in total. The lowest BCUT2D eigenvalue weighted by atomic mass is 9.89. The topological polar surface area (TPSA) is 124 Å². The van der Waals surface area contributed by atoms with E-state index in [4.69, 9.17) is 10.8 Å². The van der Waals surface area contributed by atoms with Gasteiger partial charge in [-0.2, -0.15) is 5.10 Å². The zero-order valence-corrected chi connectivity index (χ0v) is 12.3. The fraction of sp³-hybridized carbons (Fsp3) is 0.333. The number of nitrogens with two attached hydrogens (primary N) is 1. The summed E-state index contributed by atoms with van der Waals surface area (Å²) in [6.07, 6.45) is 2.36. The van der Waals surface area contributed by atoms with Crippen molar-refractivity contribution >= 4 is 11.7 Å². The highest BCUT2D eigenvalue weighted by atomic mass is 16.6. The number of hydrogen-bond donors (Lipinski definition) is 2. The minimum atomic E-state index is -0.986. The second-order valence-electron chi connectivity index (χ2n) is 5.57. The molecule has 1 aliphatic carbocycles. The zero-order valence-electron chi connectivity index (χ0n) is 12.3. The van der Waals surface area contributed by atoms with Crippen molar-refractivity contribution in [3.8, 4) is 11.3 Å². The average Bonchev–Trinajstić information content (AvgIpc) is 2.87. The van der Waals surface area contributed by atoms with Crippen molar-refractivity contribution in [3.05, 3.63) is 45.6 Å². The Kier molecular flexibility index (Phi) is 3.83. The van der Waals surface area contributed by atoms with Crippen LogP contribution in [0.5, 0.6) is 0 Å². The highest BCUT2D eigenvalue weighted by molar-refractivity contribution is 5.70. The summed E-state index contributed by atoms with van der Waals surface area (Å²) in [4.78, 5) is 21.5. The van der Waals surface area contributed by atoms with Gasteiger partial charge in [-0.05, 0) is 19.3 Å². The molecule has 0 fully saturated rings. The number of fused-ring (bicyclic) bond motifs is 1. The zero-order chi connectivity index (χ0) is 16.6. The minimum absolute atomic E-state index is 0.0339. The molecule has 1 unspecified atom stereocenters. The van der Waals surface area contributed by atoms with Crippen LogP contribution in [0.25, 0.3) is 11.3 Å². The Morgan fingerprint density at radius 2 is 2.30 bits per heavy atom. The molecule has 8 heteroatoms. The Morgan fingerprint density at radius 3 is 3.00 bits per heavy atom. The van der Waals surface area contributed by atoms with Crippen molar-refractivity contribution in [3.63, 3.8) is 0 Å². The quantitative estimate of drug-likeness (QED) is 0.655. The maximum Gasteiger partial charge on any atom is 0.325 e. The van der Waals surface area contributed by atoms with Gasteiger partial charge >= 0.3 is 5.97 Å². The number of nitro groups is 1. The fourth-order valence-corrected chi connectivity index (χ4v) is 3.04. The number of hydrogen-bond acceptors (Lipinski definition) is 5.